The smallest absolute Gasteiger partial charge is 0.309 e. The van der Waals surface area contributed by atoms with Crippen LogP contribution in [0.15, 0.2) is 24.3 Å². The van der Waals surface area contributed by atoms with Crippen molar-refractivity contribution >= 4 is 5.97 Å². The number of carboxylic acids is 1. The Labute approximate surface area is 97.3 Å². The topological polar surface area (TPSA) is 37.3 Å². The molecule has 0 heterocycles. The first-order valence-corrected chi connectivity index (χ1v) is 5.83. The number of rotatable bonds is 5. The van der Waals surface area contributed by atoms with E-state index in [9.17, 15) is 9.90 Å². The molecule has 0 fully saturated rings. The van der Waals surface area contributed by atoms with Crippen molar-refractivity contribution in [3.05, 3.63) is 35.4 Å². The summed E-state index contributed by atoms with van der Waals surface area (Å²) >= 11 is 0. The molecule has 0 atom stereocenters. The van der Waals surface area contributed by atoms with Crippen LogP contribution in [-0.2, 0) is 11.2 Å². The molecule has 0 aliphatic rings. The Bertz CT molecular complexity index is 365. The van der Waals surface area contributed by atoms with E-state index in [-0.39, 0.29) is 0 Å². The van der Waals surface area contributed by atoms with Gasteiger partial charge >= 0.3 is 5.97 Å². The standard InChI is InChI=1S/C14H20O2/c1-4-14(5-2,13(15)16)10-12-9-7-6-8-11(12)3/h6-9H,4-5,10H2,1-3H3,(H,15,16). The van der Waals surface area contributed by atoms with E-state index in [1.807, 2.05) is 45.0 Å². The molecule has 2 nitrogen and oxygen atoms in total. The highest BCUT2D eigenvalue weighted by molar-refractivity contribution is 5.75. The van der Waals surface area contributed by atoms with Gasteiger partial charge < -0.3 is 5.11 Å². The van der Waals surface area contributed by atoms with Crippen LogP contribution in [0.5, 0.6) is 0 Å². The fourth-order valence-corrected chi connectivity index (χ4v) is 2.05. The lowest BCUT2D eigenvalue weighted by Crippen LogP contribution is -2.32. The number of hydrogen-bond donors (Lipinski definition) is 1. The Morgan fingerprint density at radius 2 is 1.81 bits per heavy atom. The first-order valence-electron chi connectivity index (χ1n) is 5.83. The average Bonchev–Trinajstić information content (AvgIpc) is 2.28. The number of hydrogen-bond acceptors (Lipinski definition) is 1. The number of carboxylic acid groups (broad SMARTS) is 1. The molecule has 1 rings (SSSR count). The number of carbonyl (C=O) groups is 1. The van der Waals surface area contributed by atoms with Gasteiger partial charge in [-0.25, -0.2) is 0 Å². The van der Waals surface area contributed by atoms with Crippen LogP contribution in [-0.4, -0.2) is 11.1 Å². The highest BCUT2D eigenvalue weighted by Gasteiger charge is 2.35. The predicted molar refractivity (Wildman–Crippen MR) is 65.5 cm³/mol. The molecule has 1 aromatic rings. The van der Waals surface area contributed by atoms with E-state index in [4.69, 9.17) is 0 Å². The van der Waals surface area contributed by atoms with Gasteiger partial charge in [-0.15, -0.1) is 0 Å². The zero-order valence-electron chi connectivity index (χ0n) is 10.3. The van der Waals surface area contributed by atoms with E-state index < -0.39 is 11.4 Å². The van der Waals surface area contributed by atoms with Crippen LogP contribution in [0.2, 0.25) is 0 Å². The van der Waals surface area contributed by atoms with Gasteiger partial charge in [-0.05, 0) is 37.3 Å². The van der Waals surface area contributed by atoms with Crippen LogP contribution in [0.3, 0.4) is 0 Å². The lowest BCUT2D eigenvalue weighted by atomic mass is 9.76. The van der Waals surface area contributed by atoms with Gasteiger partial charge in [0, 0.05) is 0 Å². The maximum atomic E-state index is 11.4. The summed E-state index contributed by atoms with van der Waals surface area (Å²) in [4.78, 5) is 11.4. The van der Waals surface area contributed by atoms with E-state index in [1.165, 1.54) is 5.56 Å². The quantitative estimate of drug-likeness (QED) is 0.825. The highest BCUT2D eigenvalue weighted by atomic mass is 16.4. The summed E-state index contributed by atoms with van der Waals surface area (Å²) in [6.45, 7) is 5.94. The van der Waals surface area contributed by atoms with Gasteiger partial charge in [-0.1, -0.05) is 38.1 Å². The average molecular weight is 220 g/mol. The second-order valence-electron chi connectivity index (χ2n) is 4.40. The van der Waals surface area contributed by atoms with Crippen LogP contribution >= 0.6 is 0 Å². The van der Waals surface area contributed by atoms with Crippen molar-refractivity contribution in [2.24, 2.45) is 5.41 Å². The summed E-state index contributed by atoms with van der Waals surface area (Å²) in [5, 5.41) is 9.38. The predicted octanol–water partition coefficient (Wildman–Crippen LogP) is 3.43. The molecule has 0 unspecified atom stereocenters. The van der Waals surface area contributed by atoms with Crippen molar-refractivity contribution in [1.82, 2.24) is 0 Å². The van der Waals surface area contributed by atoms with Gasteiger partial charge in [0.2, 0.25) is 0 Å². The lowest BCUT2D eigenvalue weighted by Gasteiger charge is -2.27. The molecule has 0 saturated heterocycles. The largest absolute Gasteiger partial charge is 0.481 e. The van der Waals surface area contributed by atoms with E-state index >= 15 is 0 Å². The van der Waals surface area contributed by atoms with Crippen molar-refractivity contribution in [3.8, 4) is 0 Å². The summed E-state index contributed by atoms with van der Waals surface area (Å²) < 4.78 is 0. The monoisotopic (exact) mass is 220 g/mol. The van der Waals surface area contributed by atoms with E-state index in [2.05, 4.69) is 0 Å². The first-order chi connectivity index (χ1) is 7.55. The lowest BCUT2D eigenvalue weighted by molar-refractivity contribution is -0.149. The summed E-state index contributed by atoms with van der Waals surface area (Å²) in [7, 11) is 0. The van der Waals surface area contributed by atoms with Gasteiger partial charge in [-0.3, -0.25) is 4.79 Å². The minimum atomic E-state index is -0.680. The summed E-state index contributed by atoms with van der Waals surface area (Å²) in [5.41, 5.74) is 1.72. The molecule has 0 bridgehead atoms. The molecule has 16 heavy (non-hydrogen) atoms. The van der Waals surface area contributed by atoms with E-state index in [1.54, 1.807) is 0 Å². The van der Waals surface area contributed by atoms with Crippen LogP contribution in [0, 0.1) is 12.3 Å². The number of aliphatic carboxylic acids is 1. The van der Waals surface area contributed by atoms with Crippen LogP contribution in [0.25, 0.3) is 0 Å². The molecule has 88 valence electrons. The molecule has 0 saturated carbocycles. The maximum absolute atomic E-state index is 11.4. The molecule has 0 amide bonds. The minimum absolute atomic E-state index is 0.605. The van der Waals surface area contributed by atoms with Crippen LogP contribution < -0.4 is 0 Å². The van der Waals surface area contributed by atoms with Gasteiger partial charge in [0.05, 0.1) is 5.41 Å². The molecule has 1 aromatic carbocycles. The fourth-order valence-electron chi connectivity index (χ4n) is 2.05. The molecule has 0 aliphatic heterocycles. The fraction of sp³-hybridized carbons (Fsp3) is 0.500. The normalized spacial score (nSPS) is 11.4. The number of aryl methyl sites for hydroxylation is 1. The van der Waals surface area contributed by atoms with Gasteiger partial charge in [-0.2, -0.15) is 0 Å². The van der Waals surface area contributed by atoms with Crippen LogP contribution in [0.4, 0.5) is 0 Å². The van der Waals surface area contributed by atoms with Crippen molar-refractivity contribution < 1.29 is 9.90 Å². The second-order valence-corrected chi connectivity index (χ2v) is 4.40. The Balaban J connectivity index is 3.01. The van der Waals surface area contributed by atoms with Gasteiger partial charge in [0.1, 0.15) is 0 Å². The summed E-state index contributed by atoms with van der Waals surface area (Å²) in [5.74, 6) is -0.680. The van der Waals surface area contributed by atoms with Crippen molar-refractivity contribution in [3.63, 3.8) is 0 Å². The molecular formula is C14H20O2. The van der Waals surface area contributed by atoms with E-state index in [0.29, 0.717) is 19.3 Å². The molecule has 0 spiro atoms. The van der Waals surface area contributed by atoms with Gasteiger partial charge in [0.15, 0.2) is 0 Å². The third kappa shape index (κ3) is 2.43. The Hall–Kier alpha value is -1.31. The molecule has 2 heteroatoms. The Morgan fingerprint density at radius 3 is 2.25 bits per heavy atom. The molecule has 0 radical (unpaired) electrons. The second kappa shape index (κ2) is 5.15. The molecule has 0 aromatic heterocycles. The maximum Gasteiger partial charge on any atom is 0.309 e. The summed E-state index contributed by atoms with van der Waals surface area (Å²) in [6, 6.07) is 8.02. The van der Waals surface area contributed by atoms with Gasteiger partial charge in [0.25, 0.3) is 0 Å². The number of benzene rings is 1. The van der Waals surface area contributed by atoms with E-state index in [0.717, 1.165) is 5.56 Å². The molecule has 0 aliphatic carbocycles. The third-order valence-corrected chi connectivity index (χ3v) is 3.60. The van der Waals surface area contributed by atoms with Crippen LogP contribution in [0.1, 0.15) is 37.8 Å². The summed E-state index contributed by atoms with van der Waals surface area (Å²) in [6.07, 6.45) is 1.97. The highest BCUT2D eigenvalue weighted by Crippen LogP contribution is 2.32. The Morgan fingerprint density at radius 1 is 1.25 bits per heavy atom. The minimum Gasteiger partial charge on any atom is -0.481 e. The third-order valence-electron chi connectivity index (χ3n) is 3.60. The zero-order valence-corrected chi connectivity index (χ0v) is 10.3. The molecule has 1 N–H and O–H groups in total. The first kappa shape index (κ1) is 12.8. The van der Waals surface area contributed by atoms with Crippen molar-refractivity contribution in [1.29, 1.82) is 0 Å². The molecular weight excluding hydrogens is 200 g/mol. The Kier molecular flexibility index (Phi) is 4.11. The van der Waals surface area contributed by atoms with Crippen molar-refractivity contribution in [2.75, 3.05) is 0 Å². The zero-order chi connectivity index (χ0) is 12.2. The SMILES string of the molecule is CCC(CC)(Cc1ccccc1C)C(=O)O. The van der Waals surface area contributed by atoms with Crippen molar-refractivity contribution in [2.45, 2.75) is 40.0 Å².